The van der Waals surface area contributed by atoms with Crippen LogP contribution >= 0.6 is 11.3 Å². The largest absolute Gasteiger partial charge is 0.383 e. The van der Waals surface area contributed by atoms with E-state index in [1.165, 1.54) is 20.1 Å². The second-order valence-corrected chi connectivity index (χ2v) is 11.3. The van der Waals surface area contributed by atoms with Gasteiger partial charge in [-0.15, -0.1) is 11.3 Å². The van der Waals surface area contributed by atoms with Crippen LogP contribution in [0.2, 0.25) is 0 Å². The van der Waals surface area contributed by atoms with Crippen LogP contribution in [0.5, 0.6) is 0 Å². The van der Waals surface area contributed by atoms with Gasteiger partial charge in [0.1, 0.15) is 28.9 Å². The van der Waals surface area contributed by atoms with Crippen LogP contribution in [0.3, 0.4) is 0 Å². The van der Waals surface area contributed by atoms with Crippen molar-refractivity contribution >= 4 is 33.1 Å². The summed E-state index contributed by atoms with van der Waals surface area (Å²) in [6, 6.07) is 10.7. The molecule has 12 heteroatoms. The fraction of sp³-hybridized carbons (Fsp3) is 0.355. The Morgan fingerprint density at radius 2 is 1.63 bits per heavy atom. The molecule has 2 heterocycles. The third-order valence-corrected chi connectivity index (χ3v) is 8.25. The molecule has 0 saturated carbocycles. The van der Waals surface area contributed by atoms with E-state index in [-0.39, 0.29) is 41.1 Å². The molecule has 9 nitrogen and oxygen atoms in total. The number of methoxy groups -OCH3 is 2. The Labute approximate surface area is 250 Å². The summed E-state index contributed by atoms with van der Waals surface area (Å²) >= 11 is 1.16. The lowest BCUT2D eigenvalue weighted by Crippen LogP contribution is -2.41. The van der Waals surface area contributed by atoms with E-state index in [2.05, 4.69) is 0 Å². The maximum Gasteiger partial charge on any atom is 0.332 e. The van der Waals surface area contributed by atoms with E-state index < -0.39 is 41.8 Å². The van der Waals surface area contributed by atoms with Crippen LogP contribution in [0.25, 0.3) is 20.7 Å². The summed E-state index contributed by atoms with van der Waals surface area (Å²) in [6.45, 7) is 1.55. The fourth-order valence-electron chi connectivity index (χ4n) is 4.85. The zero-order valence-corrected chi connectivity index (χ0v) is 25.3. The molecule has 2 aromatic carbocycles. The maximum absolute atomic E-state index is 14.7. The van der Waals surface area contributed by atoms with Gasteiger partial charge in [0.15, 0.2) is 5.78 Å². The van der Waals surface area contributed by atoms with Gasteiger partial charge < -0.3 is 9.47 Å². The number of likely N-dealkylation sites (N-methyl/N-ethyl adjacent to an activating group) is 1. The Morgan fingerprint density at radius 1 is 0.953 bits per heavy atom. The number of rotatable bonds is 14. The first kappa shape index (κ1) is 32.1. The number of carbonyl (C=O) groups is 2. The molecule has 0 aliphatic rings. The zero-order chi connectivity index (χ0) is 31.3. The lowest BCUT2D eigenvalue weighted by molar-refractivity contribution is -0.122. The van der Waals surface area contributed by atoms with Gasteiger partial charge in [0.05, 0.1) is 25.1 Å². The van der Waals surface area contributed by atoms with Crippen molar-refractivity contribution in [3.8, 4) is 10.4 Å². The van der Waals surface area contributed by atoms with E-state index in [1.54, 1.807) is 7.11 Å². The normalized spacial score (nSPS) is 11.5. The molecule has 0 amide bonds. The van der Waals surface area contributed by atoms with E-state index in [0.717, 1.165) is 43.7 Å². The minimum atomic E-state index is -0.838. The summed E-state index contributed by atoms with van der Waals surface area (Å²) in [6.07, 6.45) is 0.191. The van der Waals surface area contributed by atoms with Gasteiger partial charge in [-0.3, -0.25) is 28.4 Å². The first-order chi connectivity index (χ1) is 20.5. The predicted octanol–water partition coefficient (Wildman–Crippen LogP) is 3.64. The van der Waals surface area contributed by atoms with E-state index in [1.807, 2.05) is 36.2 Å². The standard InChI is InChI=1S/C31H33F2N3O6S/c1-19(37)15-35-29(39)27-24(16-34(2)12-13-41-3)28(21-10-8-20(9-11-21)14-22(38)18-42-4)43-30(27)36(31(35)40)17-23-25(32)6-5-7-26(23)33/h5-11H,12-18H2,1-4H3. The van der Waals surface area contributed by atoms with Crippen molar-refractivity contribution in [2.45, 2.75) is 33.0 Å². The summed E-state index contributed by atoms with van der Waals surface area (Å²) in [4.78, 5) is 54.6. The summed E-state index contributed by atoms with van der Waals surface area (Å²) in [5, 5.41) is 0.196. The molecule has 0 N–H and O–H groups in total. The average Bonchev–Trinajstić information content (AvgIpc) is 3.32. The second-order valence-electron chi connectivity index (χ2n) is 10.3. The fourth-order valence-corrected chi connectivity index (χ4v) is 6.16. The van der Waals surface area contributed by atoms with Crippen molar-refractivity contribution in [3.05, 3.63) is 91.6 Å². The van der Waals surface area contributed by atoms with E-state index in [0.29, 0.717) is 23.6 Å². The molecule has 4 rings (SSSR count). The highest BCUT2D eigenvalue weighted by atomic mass is 32.1. The maximum atomic E-state index is 14.7. The molecule has 0 bridgehead atoms. The highest BCUT2D eigenvalue weighted by Gasteiger charge is 2.25. The van der Waals surface area contributed by atoms with Crippen molar-refractivity contribution in [2.75, 3.05) is 41.0 Å². The van der Waals surface area contributed by atoms with Crippen LogP contribution < -0.4 is 11.2 Å². The first-order valence-corrected chi connectivity index (χ1v) is 14.4. The quantitative estimate of drug-likeness (QED) is 0.214. The zero-order valence-electron chi connectivity index (χ0n) is 24.4. The topological polar surface area (TPSA) is 99.8 Å². The smallest absolute Gasteiger partial charge is 0.332 e. The van der Waals surface area contributed by atoms with Gasteiger partial charge >= 0.3 is 5.69 Å². The van der Waals surface area contributed by atoms with Crippen LogP contribution in [0, 0.1) is 11.6 Å². The van der Waals surface area contributed by atoms with Crippen molar-refractivity contribution < 1.29 is 27.8 Å². The monoisotopic (exact) mass is 613 g/mol. The van der Waals surface area contributed by atoms with Gasteiger partial charge in [-0.2, -0.15) is 0 Å². The lowest BCUT2D eigenvalue weighted by atomic mass is 10.0. The van der Waals surface area contributed by atoms with Crippen molar-refractivity contribution in [1.82, 2.24) is 14.0 Å². The minimum absolute atomic E-state index is 0.00267. The summed E-state index contributed by atoms with van der Waals surface area (Å²) in [5.41, 5.74) is 0.285. The van der Waals surface area contributed by atoms with Crippen molar-refractivity contribution in [1.29, 1.82) is 0 Å². The summed E-state index contributed by atoms with van der Waals surface area (Å²) in [7, 11) is 4.90. The number of hydrogen-bond acceptors (Lipinski definition) is 8. The Hall–Kier alpha value is -3.84. The highest BCUT2D eigenvalue weighted by molar-refractivity contribution is 7.22. The third-order valence-electron chi connectivity index (χ3n) is 6.94. The Kier molecular flexibility index (Phi) is 10.5. The number of ether oxygens (including phenoxy) is 2. The van der Waals surface area contributed by atoms with Crippen LogP contribution in [0.15, 0.2) is 52.1 Å². The van der Waals surface area contributed by atoms with Crippen molar-refractivity contribution in [3.63, 3.8) is 0 Å². The molecule has 0 spiro atoms. The molecule has 0 radical (unpaired) electrons. The molecule has 43 heavy (non-hydrogen) atoms. The molecule has 0 saturated heterocycles. The van der Waals surface area contributed by atoms with E-state index in [4.69, 9.17) is 9.47 Å². The number of aromatic nitrogens is 2. The molecular formula is C31H33F2N3O6S. The Balaban J connectivity index is 1.98. The van der Waals surface area contributed by atoms with Gasteiger partial charge in [-0.1, -0.05) is 30.3 Å². The van der Waals surface area contributed by atoms with Crippen LogP contribution in [-0.4, -0.2) is 66.6 Å². The Morgan fingerprint density at radius 3 is 2.23 bits per heavy atom. The SMILES string of the molecule is COCCN(C)Cc1c(-c2ccc(CC(=O)COC)cc2)sc2c1c(=O)n(CC(C)=O)c(=O)n2Cc1c(F)cccc1F. The molecule has 2 aromatic heterocycles. The number of halogens is 2. The number of carbonyl (C=O) groups excluding carboxylic acids is 2. The molecule has 4 aromatic rings. The van der Waals surface area contributed by atoms with E-state index >= 15 is 0 Å². The molecule has 0 atom stereocenters. The van der Waals surface area contributed by atoms with Gasteiger partial charge in [-0.25, -0.2) is 13.6 Å². The van der Waals surface area contributed by atoms with Crippen LogP contribution in [0.4, 0.5) is 8.78 Å². The highest BCUT2D eigenvalue weighted by Crippen LogP contribution is 2.38. The molecule has 228 valence electrons. The predicted molar refractivity (Wildman–Crippen MR) is 161 cm³/mol. The van der Waals surface area contributed by atoms with Crippen LogP contribution in [-0.2, 0) is 45.1 Å². The first-order valence-electron chi connectivity index (χ1n) is 13.5. The lowest BCUT2D eigenvalue weighted by Gasteiger charge is -2.17. The number of Topliss-reactive ketones (excluding diaryl/α,β-unsaturated/α-hetero) is 2. The number of benzene rings is 2. The Bertz CT molecular complexity index is 1740. The van der Waals surface area contributed by atoms with Gasteiger partial charge in [0.2, 0.25) is 0 Å². The molecule has 0 fully saturated rings. The summed E-state index contributed by atoms with van der Waals surface area (Å²) < 4.78 is 41.6. The summed E-state index contributed by atoms with van der Waals surface area (Å²) in [5.74, 6) is -2.17. The van der Waals surface area contributed by atoms with Gasteiger partial charge in [0, 0.05) is 44.2 Å². The number of thiophene rings is 1. The molecule has 0 aliphatic heterocycles. The number of nitrogens with zero attached hydrogens (tertiary/aromatic N) is 3. The molecule has 0 aliphatic carbocycles. The van der Waals surface area contributed by atoms with Crippen LogP contribution in [0.1, 0.15) is 23.6 Å². The number of hydrogen-bond donors (Lipinski definition) is 0. The molecular weight excluding hydrogens is 580 g/mol. The van der Waals surface area contributed by atoms with Gasteiger partial charge in [-0.05, 0) is 42.8 Å². The third kappa shape index (κ3) is 7.21. The number of ketones is 2. The second kappa shape index (κ2) is 14.1. The average molecular weight is 614 g/mol. The minimum Gasteiger partial charge on any atom is -0.383 e. The van der Waals surface area contributed by atoms with E-state index in [9.17, 15) is 28.0 Å². The molecule has 0 unspecified atom stereocenters. The van der Waals surface area contributed by atoms with Gasteiger partial charge in [0.25, 0.3) is 5.56 Å². The van der Waals surface area contributed by atoms with Crippen molar-refractivity contribution in [2.24, 2.45) is 0 Å². The number of fused-ring (bicyclic) bond motifs is 1.